The topological polar surface area (TPSA) is 53.0 Å². The molecule has 1 fully saturated rings. The van der Waals surface area contributed by atoms with Gasteiger partial charge in [0.05, 0.1) is 11.0 Å². The van der Waals surface area contributed by atoms with E-state index in [1.807, 2.05) is 12.1 Å². The van der Waals surface area contributed by atoms with E-state index in [4.69, 9.17) is 5.73 Å². The van der Waals surface area contributed by atoms with Crippen molar-refractivity contribution in [1.82, 2.24) is 9.13 Å². The molecule has 1 aliphatic rings. The summed E-state index contributed by atoms with van der Waals surface area (Å²) in [5.41, 5.74) is 9.27. The van der Waals surface area contributed by atoms with E-state index < -0.39 is 0 Å². The van der Waals surface area contributed by atoms with E-state index in [1.165, 1.54) is 12.8 Å². The lowest BCUT2D eigenvalue weighted by atomic mass is 10.0. The molecule has 4 nitrogen and oxygen atoms in total. The molecule has 0 radical (unpaired) electrons. The smallest absolute Gasteiger partial charge is 0.324 e. The molecule has 5 heteroatoms. The first-order valence-electron chi connectivity index (χ1n) is 6.59. The van der Waals surface area contributed by atoms with Gasteiger partial charge in [-0.1, -0.05) is 28.8 Å². The Kier molecular flexibility index (Phi) is 3.06. The Morgan fingerprint density at radius 2 is 1.89 bits per heavy atom. The van der Waals surface area contributed by atoms with Crippen LogP contribution in [0.25, 0.3) is 11.0 Å². The van der Waals surface area contributed by atoms with E-state index in [-0.39, 0.29) is 11.7 Å². The number of imidazole rings is 1. The van der Waals surface area contributed by atoms with Gasteiger partial charge < -0.3 is 5.73 Å². The number of halogens is 1. The van der Waals surface area contributed by atoms with Gasteiger partial charge in [0.25, 0.3) is 0 Å². The van der Waals surface area contributed by atoms with Crippen molar-refractivity contribution >= 4 is 27.0 Å². The molecule has 1 aromatic heterocycles. The average molecular weight is 324 g/mol. The van der Waals surface area contributed by atoms with Crippen molar-refractivity contribution in [2.45, 2.75) is 25.3 Å². The van der Waals surface area contributed by atoms with Crippen molar-refractivity contribution in [3.05, 3.63) is 32.7 Å². The van der Waals surface area contributed by atoms with Crippen LogP contribution in [0.15, 0.2) is 21.4 Å². The molecular weight excluding hydrogens is 306 g/mol. The maximum Gasteiger partial charge on any atom is 0.328 e. The monoisotopic (exact) mass is 323 g/mol. The van der Waals surface area contributed by atoms with Gasteiger partial charge in [0.15, 0.2) is 0 Å². The van der Waals surface area contributed by atoms with E-state index in [1.54, 1.807) is 23.2 Å². The second-order valence-corrected chi connectivity index (χ2v) is 6.40. The van der Waals surface area contributed by atoms with Crippen molar-refractivity contribution in [3.8, 4) is 0 Å². The lowest BCUT2D eigenvalue weighted by Crippen LogP contribution is -2.19. The first-order chi connectivity index (χ1) is 8.99. The molecular formula is C14H18BrN3O. The van der Waals surface area contributed by atoms with Gasteiger partial charge in [-0.25, -0.2) is 4.79 Å². The van der Waals surface area contributed by atoms with Gasteiger partial charge in [-0.2, -0.15) is 0 Å². The van der Waals surface area contributed by atoms with Crippen LogP contribution in [-0.2, 0) is 14.1 Å². The lowest BCUT2D eigenvalue weighted by molar-refractivity contribution is 0.595. The summed E-state index contributed by atoms with van der Waals surface area (Å²) < 4.78 is 4.33. The molecule has 1 aliphatic carbocycles. The Morgan fingerprint density at radius 3 is 2.47 bits per heavy atom. The molecule has 1 saturated carbocycles. The van der Waals surface area contributed by atoms with Crippen LogP contribution >= 0.6 is 15.9 Å². The van der Waals surface area contributed by atoms with Gasteiger partial charge >= 0.3 is 5.69 Å². The molecule has 0 amide bonds. The fourth-order valence-electron chi connectivity index (χ4n) is 2.66. The standard InChI is InChI=1S/C14H18BrN3O/c1-17-12-6-9(11(16)5-8-3-4-8)10(15)7-13(12)18(2)14(17)19/h6-8,11H,3-5,16H2,1-2H3. The number of aryl methyl sites for hydroxylation is 2. The van der Waals surface area contributed by atoms with Crippen LogP contribution in [0.3, 0.4) is 0 Å². The van der Waals surface area contributed by atoms with Gasteiger partial charge in [-0.15, -0.1) is 0 Å². The summed E-state index contributed by atoms with van der Waals surface area (Å²) in [5.74, 6) is 0.789. The quantitative estimate of drug-likeness (QED) is 0.943. The van der Waals surface area contributed by atoms with Crippen LogP contribution in [-0.4, -0.2) is 9.13 Å². The second-order valence-electron chi connectivity index (χ2n) is 5.55. The van der Waals surface area contributed by atoms with Gasteiger partial charge in [-0.05, 0) is 30.0 Å². The minimum absolute atomic E-state index is 0.00480. The summed E-state index contributed by atoms with van der Waals surface area (Å²) in [6, 6.07) is 4.09. The summed E-state index contributed by atoms with van der Waals surface area (Å²) in [6.07, 6.45) is 3.64. The zero-order chi connectivity index (χ0) is 13.7. The zero-order valence-corrected chi connectivity index (χ0v) is 12.8. The molecule has 0 bridgehead atoms. The number of nitrogens with zero attached hydrogens (tertiary/aromatic N) is 2. The summed E-state index contributed by atoms with van der Waals surface area (Å²) in [6.45, 7) is 0. The lowest BCUT2D eigenvalue weighted by Gasteiger charge is -2.14. The fraction of sp³-hybridized carbons (Fsp3) is 0.500. The molecule has 1 aromatic carbocycles. The van der Waals surface area contributed by atoms with E-state index >= 15 is 0 Å². The van der Waals surface area contributed by atoms with Gasteiger partial charge in [-0.3, -0.25) is 9.13 Å². The fourth-order valence-corrected chi connectivity index (χ4v) is 3.28. The van der Waals surface area contributed by atoms with Gasteiger partial charge in [0.2, 0.25) is 0 Å². The largest absolute Gasteiger partial charge is 0.328 e. The van der Waals surface area contributed by atoms with Gasteiger partial charge in [0.1, 0.15) is 0 Å². The molecule has 2 N–H and O–H groups in total. The molecule has 19 heavy (non-hydrogen) atoms. The van der Waals surface area contributed by atoms with Crippen molar-refractivity contribution in [2.75, 3.05) is 0 Å². The van der Waals surface area contributed by atoms with E-state index in [0.29, 0.717) is 0 Å². The van der Waals surface area contributed by atoms with Crippen LogP contribution in [0, 0.1) is 5.92 Å². The zero-order valence-electron chi connectivity index (χ0n) is 11.2. The summed E-state index contributed by atoms with van der Waals surface area (Å²) >= 11 is 3.59. The predicted octanol–water partition coefficient (Wildman–Crippen LogP) is 2.44. The molecule has 3 rings (SSSR count). The van der Waals surface area contributed by atoms with Crippen molar-refractivity contribution in [1.29, 1.82) is 0 Å². The first kappa shape index (κ1) is 12.9. The number of rotatable bonds is 3. The molecule has 102 valence electrons. The minimum Gasteiger partial charge on any atom is -0.324 e. The van der Waals surface area contributed by atoms with E-state index in [2.05, 4.69) is 15.9 Å². The highest BCUT2D eigenvalue weighted by Gasteiger charge is 2.25. The highest BCUT2D eigenvalue weighted by atomic mass is 79.9. The second kappa shape index (κ2) is 4.49. The normalized spacial score (nSPS) is 17.1. The molecule has 0 spiro atoms. The van der Waals surface area contributed by atoms with Gasteiger partial charge in [0, 0.05) is 24.6 Å². The maximum absolute atomic E-state index is 11.9. The number of hydrogen-bond donors (Lipinski definition) is 1. The number of aromatic nitrogens is 2. The number of fused-ring (bicyclic) bond motifs is 1. The maximum atomic E-state index is 11.9. The Morgan fingerprint density at radius 1 is 1.32 bits per heavy atom. The third kappa shape index (κ3) is 2.15. The molecule has 0 saturated heterocycles. The van der Waals surface area contributed by atoms with E-state index in [0.717, 1.165) is 33.4 Å². The minimum atomic E-state index is -0.00480. The number of nitrogens with two attached hydrogens (primary N) is 1. The SMILES string of the molecule is Cn1c(=O)n(C)c2cc(C(N)CC3CC3)c(Br)cc21. The van der Waals surface area contributed by atoms with Crippen LogP contribution in [0.4, 0.5) is 0 Å². The van der Waals surface area contributed by atoms with Crippen molar-refractivity contribution in [2.24, 2.45) is 25.7 Å². The predicted molar refractivity (Wildman–Crippen MR) is 80.1 cm³/mol. The van der Waals surface area contributed by atoms with Crippen molar-refractivity contribution in [3.63, 3.8) is 0 Å². The summed E-state index contributed by atoms with van der Waals surface area (Å²) in [7, 11) is 3.59. The number of hydrogen-bond acceptors (Lipinski definition) is 2. The Hall–Kier alpha value is -1.07. The van der Waals surface area contributed by atoms with Crippen LogP contribution in [0.1, 0.15) is 30.9 Å². The summed E-state index contributed by atoms with van der Waals surface area (Å²) in [4.78, 5) is 11.9. The van der Waals surface area contributed by atoms with Crippen LogP contribution in [0.2, 0.25) is 0 Å². The first-order valence-corrected chi connectivity index (χ1v) is 7.38. The molecule has 2 aromatic rings. The Labute approximate surface area is 120 Å². The molecule has 0 aliphatic heterocycles. The van der Waals surface area contributed by atoms with E-state index in [9.17, 15) is 4.79 Å². The summed E-state index contributed by atoms with van der Waals surface area (Å²) in [5, 5.41) is 0. The van der Waals surface area contributed by atoms with Crippen LogP contribution < -0.4 is 11.4 Å². The molecule has 1 heterocycles. The third-order valence-corrected chi connectivity index (χ3v) is 4.76. The molecule has 1 atom stereocenters. The Balaban J connectivity index is 2.12. The third-order valence-electron chi connectivity index (χ3n) is 4.07. The highest BCUT2D eigenvalue weighted by molar-refractivity contribution is 9.10. The number of benzene rings is 1. The average Bonchev–Trinajstić information content (AvgIpc) is 3.16. The highest BCUT2D eigenvalue weighted by Crippen LogP contribution is 2.38. The van der Waals surface area contributed by atoms with Crippen LogP contribution in [0.5, 0.6) is 0 Å². The van der Waals surface area contributed by atoms with Crippen molar-refractivity contribution < 1.29 is 0 Å². The Bertz CT molecular complexity index is 697. The molecule has 1 unspecified atom stereocenters.